The van der Waals surface area contributed by atoms with E-state index in [0.29, 0.717) is 12.1 Å². The van der Waals surface area contributed by atoms with Gasteiger partial charge in [-0.15, -0.1) is 24.2 Å². The maximum atomic E-state index is 12.8. The maximum Gasteiger partial charge on any atom is 0.416 e. The summed E-state index contributed by atoms with van der Waals surface area (Å²) in [6.07, 6.45) is -2.72. The number of hydrogen-bond donors (Lipinski definition) is 2. The third-order valence-electron chi connectivity index (χ3n) is 4.29. The van der Waals surface area contributed by atoms with Gasteiger partial charge in [-0.25, -0.2) is 0 Å². The zero-order valence-electron chi connectivity index (χ0n) is 12.3. The van der Waals surface area contributed by atoms with Gasteiger partial charge in [-0.2, -0.15) is 13.2 Å². The number of benzene rings is 1. The van der Waals surface area contributed by atoms with Gasteiger partial charge in [-0.1, -0.05) is 18.2 Å². The molecule has 1 heterocycles. The van der Waals surface area contributed by atoms with Gasteiger partial charge in [0, 0.05) is 23.6 Å². The van der Waals surface area contributed by atoms with Crippen molar-refractivity contribution in [3.05, 3.63) is 35.4 Å². The second kappa shape index (κ2) is 6.91. The Labute approximate surface area is 143 Å². The third-order valence-corrected chi connectivity index (χ3v) is 5.23. The number of amides is 1. The number of nitrogens with one attached hydrogen (secondary N) is 2. The molecule has 1 amide bonds. The Morgan fingerprint density at radius 2 is 2.13 bits per heavy atom. The summed E-state index contributed by atoms with van der Waals surface area (Å²) < 4.78 is 38.4. The number of alkyl halides is 3. The molecule has 2 fully saturated rings. The van der Waals surface area contributed by atoms with Gasteiger partial charge in [-0.3, -0.25) is 10.1 Å². The summed E-state index contributed by atoms with van der Waals surface area (Å²) in [7, 11) is 0. The molecule has 1 atom stereocenters. The van der Waals surface area contributed by atoms with E-state index in [2.05, 4.69) is 10.6 Å². The van der Waals surface area contributed by atoms with Gasteiger partial charge in [0.2, 0.25) is 5.91 Å². The minimum atomic E-state index is -4.33. The number of carbonyl (C=O) groups excluding carboxylic acids is 1. The van der Waals surface area contributed by atoms with Crippen LogP contribution in [0.4, 0.5) is 13.2 Å². The summed E-state index contributed by atoms with van der Waals surface area (Å²) in [5.41, 5.74) is -0.296. The highest BCUT2D eigenvalue weighted by Gasteiger charge is 2.45. The summed E-state index contributed by atoms with van der Waals surface area (Å²) in [6.45, 7) is 0.399. The van der Waals surface area contributed by atoms with E-state index in [1.165, 1.54) is 12.1 Å². The molecule has 2 N–H and O–H groups in total. The van der Waals surface area contributed by atoms with Gasteiger partial charge >= 0.3 is 6.18 Å². The molecule has 0 bridgehead atoms. The second-order valence-electron chi connectivity index (χ2n) is 5.85. The number of hydrogen-bond acceptors (Lipinski definition) is 3. The van der Waals surface area contributed by atoms with Crippen molar-refractivity contribution in [1.29, 1.82) is 0 Å². The standard InChI is InChI=1S/C15H17F3N2OS.ClH/c16-15(17,18)11-3-1-2-10(6-11)14(4-5-14)8-19-13(21)12-7-22-9-20-12;/h1-3,6,12,20H,4-5,7-9H2,(H,19,21);1H. The first-order valence-electron chi connectivity index (χ1n) is 7.17. The number of carbonyl (C=O) groups is 1. The first-order chi connectivity index (χ1) is 10.4. The van der Waals surface area contributed by atoms with Crippen LogP contribution in [0.2, 0.25) is 0 Å². The molecule has 1 saturated carbocycles. The van der Waals surface area contributed by atoms with Gasteiger partial charge in [0.05, 0.1) is 11.6 Å². The highest BCUT2D eigenvalue weighted by molar-refractivity contribution is 7.99. The van der Waals surface area contributed by atoms with E-state index in [9.17, 15) is 18.0 Å². The zero-order valence-corrected chi connectivity index (χ0v) is 13.9. The average molecular weight is 367 g/mol. The fraction of sp³-hybridized carbons (Fsp3) is 0.533. The molecule has 23 heavy (non-hydrogen) atoms. The van der Waals surface area contributed by atoms with Crippen LogP contribution in [0.25, 0.3) is 0 Å². The summed E-state index contributed by atoms with van der Waals surface area (Å²) in [5, 5.41) is 5.97. The summed E-state index contributed by atoms with van der Waals surface area (Å²) >= 11 is 1.66. The summed E-state index contributed by atoms with van der Waals surface area (Å²) in [6, 6.07) is 5.26. The van der Waals surface area contributed by atoms with Crippen molar-refractivity contribution in [3.8, 4) is 0 Å². The number of thioether (sulfide) groups is 1. The molecule has 3 rings (SSSR count). The van der Waals surface area contributed by atoms with Crippen LogP contribution in [0.15, 0.2) is 24.3 Å². The SMILES string of the molecule is Cl.O=C(NCC1(c2cccc(C(F)(F)F)c2)CC1)C1CSCN1. The van der Waals surface area contributed by atoms with E-state index in [4.69, 9.17) is 0 Å². The Kier molecular flexibility index (Phi) is 5.53. The molecule has 1 aromatic carbocycles. The first kappa shape index (κ1) is 18.4. The second-order valence-corrected chi connectivity index (χ2v) is 6.88. The Morgan fingerprint density at radius 1 is 1.39 bits per heavy atom. The lowest BCUT2D eigenvalue weighted by Gasteiger charge is -2.19. The van der Waals surface area contributed by atoms with Crippen molar-refractivity contribution in [2.24, 2.45) is 0 Å². The van der Waals surface area contributed by atoms with Crippen molar-refractivity contribution in [2.45, 2.75) is 30.5 Å². The molecular weight excluding hydrogens is 349 g/mol. The number of halogens is 4. The minimum absolute atomic E-state index is 0. The Bertz CT molecular complexity index is 572. The van der Waals surface area contributed by atoms with Crippen molar-refractivity contribution < 1.29 is 18.0 Å². The van der Waals surface area contributed by atoms with Crippen LogP contribution in [-0.2, 0) is 16.4 Å². The van der Waals surface area contributed by atoms with E-state index >= 15 is 0 Å². The Morgan fingerprint density at radius 3 is 2.70 bits per heavy atom. The molecule has 1 saturated heterocycles. The summed E-state index contributed by atoms with van der Waals surface area (Å²) in [5.74, 6) is 1.43. The monoisotopic (exact) mass is 366 g/mol. The van der Waals surface area contributed by atoms with E-state index in [1.807, 2.05) is 0 Å². The van der Waals surface area contributed by atoms with Crippen LogP contribution in [0.1, 0.15) is 24.0 Å². The fourth-order valence-corrected chi connectivity index (χ4v) is 3.63. The highest BCUT2D eigenvalue weighted by Crippen LogP contribution is 2.48. The Balaban J connectivity index is 0.00000192. The van der Waals surface area contributed by atoms with Crippen molar-refractivity contribution in [3.63, 3.8) is 0 Å². The summed E-state index contributed by atoms with van der Waals surface area (Å²) in [4.78, 5) is 12.0. The molecule has 1 aliphatic carbocycles. The highest BCUT2D eigenvalue weighted by atomic mass is 35.5. The lowest BCUT2D eigenvalue weighted by molar-refractivity contribution is -0.137. The van der Waals surface area contributed by atoms with E-state index in [0.717, 1.165) is 30.5 Å². The van der Waals surface area contributed by atoms with E-state index in [-0.39, 0.29) is 29.8 Å². The van der Waals surface area contributed by atoms with Gasteiger partial charge in [-0.05, 0) is 24.5 Å². The Hall–Kier alpha value is -0.920. The maximum absolute atomic E-state index is 12.8. The quantitative estimate of drug-likeness (QED) is 0.861. The largest absolute Gasteiger partial charge is 0.416 e. The molecule has 1 aliphatic heterocycles. The predicted molar refractivity (Wildman–Crippen MR) is 86.9 cm³/mol. The molecule has 0 aromatic heterocycles. The lowest BCUT2D eigenvalue weighted by atomic mass is 9.94. The van der Waals surface area contributed by atoms with Crippen molar-refractivity contribution >= 4 is 30.1 Å². The molecule has 0 spiro atoms. The van der Waals surface area contributed by atoms with Gasteiger partial charge < -0.3 is 5.32 Å². The smallest absolute Gasteiger partial charge is 0.354 e. The van der Waals surface area contributed by atoms with Crippen molar-refractivity contribution in [2.75, 3.05) is 18.2 Å². The van der Waals surface area contributed by atoms with Crippen LogP contribution in [0.3, 0.4) is 0 Å². The van der Waals surface area contributed by atoms with Crippen LogP contribution in [0, 0.1) is 0 Å². The van der Waals surface area contributed by atoms with Crippen LogP contribution >= 0.6 is 24.2 Å². The van der Waals surface area contributed by atoms with Crippen molar-refractivity contribution in [1.82, 2.24) is 10.6 Å². The minimum Gasteiger partial charge on any atom is -0.354 e. The molecule has 0 radical (unpaired) electrons. The topological polar surface area (TPSA) is 41.1 Å². The van der Waals surface area contributed by atoms with Gasteiger partial charge in [0.15, 0.2) is 0 Å². The third kappa shape index (κ3) is 4.14. The molecule has 3 nitrogen and oxygen atoms in total. The molecule has 1 unspecified atom stereocenters. The number of rotatable bonds is 4. The van der Waals surface area contributed by atoms with E-state index in [1.54, 1.807) is 17.8 Å². The first-order valence-corrected chi connectivity index (χ1v) is 8.33. The molecular formula is C15H18ClF3N2OS. The van der Waals surface area contributed by atoms with E-state index < -0.39 is 11.7 Å². The molecule has 128 valence electrons. The predicted octanol–water partition coefficient (Wildman–Crippen LogP) is 2.94. The molecule has 2 aliphatic rings. The van der Waals surface area contributed by atoms with Crippen LogP contribution < -0.4 is 10.6 Å². The molecule has 8 heteroatoms. The zero-order chi connectivity index (χ0) is 15.8. The molecule has 1 aromatic rings. The average Bonchev–Trinajstić information content (AvgIpc) is 3.08. The normalized spacial score (nSPS) is 22.3. The van der Waals surface area contributed by atoms with Crippen LogP contribution in [-0.4, -0.2) is 30.1 Å². The van der Waals surface area contributed by atoms with Gasteiger partial charge in [0.25, 0.3) is 0 Å². The van der Waals surface area contributed by atoms with Crippen LogP contribution in [0.5, 0.6) is 0 Å². The fourth-order valence-electron chi connectivity index (χ4n) is 2.69. The lowest BCUT2D eigenvalue weighted by Crippen LogP contribution is -2.44. The van der Waals surface area contributed by atoms with Gasteiger partial charge in [0.1, 0.15) is 0 Å².